The van der Waals surface area contributed by atoms with Crippen LogP contribution in [0.4, 0.5) is 4.39 Å². The van der Waals surface area contributed by atoms with Crippen molar-refractivity contribution >= 4 is 22.7 Å². The minimum Gasteiger partial charge on any atom is -0.351 e. The molecule has 0 saturated carbocycles. The number of carbonyl (C=O) groups excluding carboxylic acids is 2. The Bertz CT molecular complexity index is 924. The highest BCUT2D eigenvalue weighted by molar-refractivity contribution is 5.98. The van der Waals surface area contributed by atoms with Crippen molar-refractivity contribution in [2.75, 3.05) is 26.2 Å². The number of fused-ring (bicyclic) bond motifs is 1. The van der Waals surface area contributed by atoms with Gasteiger partial charge in [-0.1, -0.05) is 18.2 Å². The summed E-state index contributed by atoms with van der Waals surface area (Å²) in [6.07, 6.45) is 0. The Kier molecular flexibility index (Phi) is 4.16. The standard InChI is InChI=1S/C20H18FN3O2/c21-16-7-5-14(6-8-16)19(25)23-9-11-24(12-10-23)20(26)18-13-15-3-1-2-4-17(15)22-18/h1-8,13,22H,9-12H2. The Hall–Kier alpha value is -3.15. The second-order valence-corrected chi connectivity index (χ2v) is 6.36. The molecule has 132 valence electrons. The van der Waals surface area contributed by atoms with Crippen LogP contribution in [0.25, 0.3) is 10.9 Å². The highest BCUT2D eigenvalue weighted by atomic mass is 19.1. The minimum atomic E-state index is -0.365. The Morgan fingerprint density at radius 3 is 2.12 bits per heavy atom. The average molecular weight is 351 g/mol. The summed E-state index contributed by atoms with van der Waals surface area (Å²) >= 11 is 0. The van der Waals surface area contributed by atoms with Crippen LogP contribution in [0.1, 0.15) is 20.8 Å². The van der Waals surface area contributed by atoms with Gasteiger partial charge in [0, 0.05) is 42.6 Å². The zero-order valence-electron chi connectivity index (χ0n) is 14.1. The van der Waals surface area contributed by atoms with E-state index in [0.717, 1.165) is 10.9 Å². The quantitative estimate of drug-likeness (QED) is 0.772. The lowest BCUT2D eigenvalue weighted by molar-refractivity contribution is 0.0533. The first-order chi connectivity index (χ1) is 12.6. The molecule has 26 heavy (non-hydrogen) atoms. The fraction of sp³-hybridized carbons (Fsp3) is 0.200. The maximum absolute atomic E-state index is 13.0. The number of benzene rings is 2. The van der Waals surface area contributed by atoms with Gasteiger partial charge in [0.15, 0.2) is 0 Å². The van der Waals surface area contributed by atoms with E-state index in [9.17, 15) is 14.0 Å². The number of carbonyl (C=O) groups is 2. The molecule has 2 amide bonds. The van der Waals surface area contributed by atoms with Crippen molar-refractivity contribution in [2.24, 2.45) is 0 Å². The molecule has 0 unspecified atom stereocenters. The second kappa shape index (κ2) is 6.63. The highest BCUT2D eigenvalue weighted by Crippen LogP contribution is 2.17. The Labute approximate surface area is 150 Å². The van der Waals surface area contributed by atoms with E-state index in [1.165, 1.54) is 24.3 Å². The van der Waals surface area contributed by atoms with Crippen LogP contribution in [0.3, 0.4) is 0 Å². The van der Waals surface area contributed by atoms with Crippen LogP contribution in [0.2, 0.25) is 0 Å². The van der Waals surface area contributed by atoms with Gasteiger partial charge in [-0.05, 0) is 36.4 Å². The SMILES string of the molecule is O=C(c1ccc(F)cc1)N1CCN(C(=O)c2cc3ccccc3[nH]2)CC1. The topological polar surface area (TPSA) is 56.4 Å². The van der Waals surface area contributed by atoms with Gasteiger partial charge >= 0.3 is 0 Å². The molecular formula is C20H18FN3O2. The predicted molar refractivity (Wildman–Crippen MR) is 96.5 cm³/mol. The van der Waals surface area contributed by atoms with Gasteiger partial charge in [0.05, 0.1) is 0 Å². The lowest BCUT2D eigenvalue weighted by Crippen LogP contribution is -2.50. The van der Waals surface area contributed by atoms with Crippen LogP contribution in [0, 0.1) is 5.82 Å². The molecule has 5 nitrogen and oxygen atoms in total. The Morgan fingerprint density at radius 1 is 0.846 bits per heavy atom. The minimum absolute atomic E-state index is 0.0601. The first-order valence-electron chi connectivity index (χ1n) is 8.54. The summed E-state index contributed by atoms with van der Waals surface area (Å²) in [4.78, 5) is 31.8. The van der Waals surface area contributed by atoms with Crippen molar-refractivity contribution < 1.29 is 14.0 Å². The van der Waals surface area contributed by atoms with Gasteiger partial charge in [-0.15, -0.1) is 0 Å². The number of para-hydroxylation sites is 1. The van der Waals surface area contributed by atoms with E-state index in [4.69, 9.17) is 0 Å². The van der Waals surface area contributed by atoms with Crippen LogP contribution in [0.5, 0.6) is 0 Å². The molecule has 1 aromatic heterocycles. The zero-order chi connectivity index (χ0) is 18.1. The number of piperazine rings is 1. The number of aromatic nitrogens is 1. The molecule has 4 rings (SSSR count). The number of hydrogen-bond donors (Lipinski definition) is 1. The smallest absolute Gasteiger partial charge is 0.270 e. The molecule has 0 spiro atoms. The molecule has 0 radical (unpaired) electrons. The summed E-state index contributed by atoms with van der Waals surface area (Å²) in [6.45, 7) is 1.87. The first kappa shape index (κ1) is 16.3. The van der Waals surface area contributed by atoms with E-state index in [1.807, 2.05) is 30.3 Å². The van der Waals surface area contributed by atoms with E-state index in [0.29, 0.717) is 37.4 Å². The lowest BCUT2D eigenvalue weighted by Gasteiger charge is -2.34. The number of halogens is 1. The van der Waals surface area contributed by atoms with Crippen LogP contribution >= 0.6 is 0 Å². The fourth-order valence-corrected chi connectivity index (χ4v) is 3.25. The predicted octanol–water partition coefficient (Wildman–Crippen LogP) is 2.91. The number of nitrogens with zero attached hydrogens (tertiary/aromatic N) is 2. The molecule has 0 atom stereocenters. The summed E-state index contributed by atoms with van der Waals surface area (Å²) in [7, 11) is 0. The molecule has 0 aliphatic carbocycles. The molecule has 1 aliphatic heterocycles. The highest BCUT2D eigenvalue weighted by Gasteiger charge is 2.26. The lowest BCUT2D eigenvalue weighted by atomic mass is 10.1. The van der Waals surface area contributed by atoms with Gasteiger partial charge in [-0.2, -0.15) is 0 Å². The number of aromatic amines is 1. The van der Waals surface area contributed by atoms with Crippen LogP contribution < -0.4 is 0 Å². The number of hydrogen-bond acceptors (Lipinski definition) is 2. The van der Waals surface area contributed by atoms with Gasteiger partial charge < -0.3 is 14.8 Å². The molecule has 1 saturated heterocycles. The molecule has 2 aromatic carbocycles. The molecule has 2 heterocycles. The van der Waals surface area contributed by atoms with Gasteiger partial charge in [0.1, 0.15) is 11.5 Å². The Morgan fingerprint density at radius 2 is 1.46 bits per heavy atom. The van der Waals surface area contributed by atoms with Crippen molar-refractivity contribution in [3.05, 3.63) is 71.7 Å². The maximum Gasteiger partial charge on any atom is 0.270 e. The van der Waals surface area contributed by atoms with Gasteiger partial charge in [0.25, 0.3) is 11.8 Å². The first-order valence-corrected chi connectivity index (χ1v) is 8.54. The molecule has 1 N–H and O–H groups in total. The summed E-state index contributed by atoms with van der Waals surface area (Å²) in [5, 5.41) is 1.00. The molecule has 3 aromatic rings. The van der Waals surface area contributed by atoms with E-state index < -0.39 is 0 Å². The summed E-state index contributed by atoms with van der Waals surface area (Å²) < 4.78 is 13.0. The van der Waals surface area contributed by atoms with Crippen LogP contribution in [-0.2, 0) is 0 Å². The van der Waals surface area contributed by atoms with Crippen LogP contribution in [-0.4, -0.2) is 52.8 Å². The third-order valence-corrected chi connectivity index (χ3v) is 4.71. The number of H-pyrrole nitrogens is 1. The van der Waals surface area contributed by atoms with Crippen LogP contribution in [0.15, 0.2) is 54.6 Å². The van der Waals surface area contributed by atoms with E-state index in [1.54, 1.807) is 9.80 Å². The maximum atomic E-state index is 13.0. The van der Waals surface area contributed by atoms with Crippen molar-refractivity contribution in [1.82, 2.24) is 14.8 Å². The van der Waals surface area contributed by atoms with E-state index in [-0.39, 0.29) is 17.6 Å². The molecular weight excluding hydrogens is 333 g/mol. The van der Waals surface area contributed by atoms with Gasteiger partial charge in [-0.25, -0.2) is 4.39 Å². The summed E-state index contributed by atoms with van der Waals surface area (Å²) in [5.74, 6) is -0.562. The normalized spacial score (nSPS) is 14.7. The Balaban J connectivity index is 1.42. The third-order valence-electron chi connectivity index (χ3n) is 4.71. The van der Waals surface area contributed by atoms with E-state index >= 15 is 0 Å². The zero-order valence-corrected chi connectivity index (χ0v) is 14.1. The fourth-order valence-electron chi connectivity index (χ4n) is 3.25. The molecule has 6 heteroatoms. The molecule has 0 bridgehead atoms. The van der Waals surface area contributed by atoms with Crippen molar-refractivity contribution in [3.63, 3.8) is 0 Å². The molecule has 1 fully saturated rings. The summed E-state index contributed by atoms with van der Waals surface area (Å²) in [5.41, 5.74) is 1.95. The molecule has 1 aliphatic rings. The number of amides is 2. The number of rotatable bonds is 2. The monoisotopic (exact) mass is 351 g/mol. The average Bonchev–Trinajstić information content (AvgIpc) is 3.12. The van der Waals surface area contributed by atoms with Gasteiger partial charge in [-0.3, -0.25) is 9.59 Å². The van der Waals surface area contributed by atoms with Crippen molar-refractivity contribution in [3.8, 4) is 0 Å². The van der Waals surface area contributed by atoms with Gasteiger partial charge in [0.2, 0.25) is 0 Å². The number of nitrogens with one attached hydrogen (secondary N) is 1. The van der Waals surface area contributed by atoms with Crippen molar-refractivity contribution in [1.29, 1.82) is 0 Å². The largest absolute Gasteiger partial charge is 0.351 e. The van der Waals surface area contributed by atoms with Crippen molar-refractivity contribution in [2.45, 2.75) is 0 Å². The van der Waals surface area contributed by atoms with E-state index in [2.05, 4.69) is 4.98 Å². The summed E-state index contributed by atoms with van der Waals surface area (Å²) in [6, 6.07) is 15.1. The second-order valence-electron chi connectivity index (χ2n) is 6.36. The third kappa shape index (κ3) is 3.06.